The van der Waals surface area contributed by atoms with E-state index in [0.717, 1.165) is 28.1 Å². The third kappa shape index (κ3) is 5.02. The standard InChI is InChI=1S/C54H36N3S/c1-3-15-37(16-4-1)51-55-52(38-17-5-2-6-18-38)57-53(56-51)39-25-23-34(24-26-39)40-27-30-44-43-21-11-12-22-45(43)54(48(44)33-40)46-31-28-35-13-7-9-19-41(35)49(46)58-50-42-20-10-8-14-36(42)29-32-47(50)54/h1-33,51-52,55H/q-1. The van der Waals surface area contributed by atoms with Crippen molar-refractivity contribution in [1.82, 2.24) is 5.32 Å². The van der Waals surface area contributed by atoms with Gasteiger partial charge in [0, 0.05) is 22.1 Å². The lowest BCUT2D eigenvalue weighted by molar-refractivity contribution is 0.488. The summed E-state index contributed by atoms with van der Waals surface area (Å²) in [6.07, 6.45) is -0.413. The molecule has 0 amide bonds. The zero-order valence-corrected chi connectivity index (χ0v) is 32.3. The van der Waals surface area contributed by atoms with Crippen LogP contribution in [0.1, 0.15) is 51.3 Å². The summed E-state index contributed by atoms with van der Waals surface area (Å²) in [6, 6.07) is 73.1. The molecule has 1 spiro atoms. The van der Waals surface area contributed by atoms with Crippen LogP contribution in [0, 0.1) is 0 Å². The maximum atomic E-state index is 5.15. The number of rotatable bonds is 4. The Hall–Kier alpha value is -6.72. The lowest BCUT2D eigenvalue weighted by Gasteiger charge is -2.40. The van der Waals surface area contributed by atoms with Crippen LogP contribution in [0.25, 0.3) is 49.1 Å². The smallest absolute Gasteiger partial charge is 0.0736 e. The number of hydrogen-bond acceptors (Lipinski definition) is 3. The quantitative estimate of drug-likeness (QED) is 0.194. The average Bonchev–Trinajstić information content (AvgIpc) is 3.59. The van der Waals surface area contributed by atoms with Gasteiger partial charge in [0.1, 0.15) is 0 Å². The van der Waals surface area contributed by atoms with Gasteiger partial charge in [-0.05, 0) is 88.8 Å². The van der Waals surface area contributed by atoms with Crippen LogP contribution in [0.3, 0.4) is 0 Å². The lowest BCUT2D eigenvalue weighted by atomic mass is 9.66. The first-order chi connectivity index (χ1) is 28.7. The van der Waals surface area contributed by atoms with Crippen molar-refractivity contribution in [3.8, 4) is 22.3 Å². The van der Waals surface area contributed by atoms with Crippen molar-refractivity contribution in [3.05, 3.63) is 244 Å². The highest BCUT2D eigenvalue weighted by atomic mass is 32.2. The Kier molecular flexibility index (Phi) is 7.59. The second kappa shape index (κ2) is 13.2. The van der Waals surface area contributed by atoms with Crippen LogP contribution < -0.4 is 5.32 Å². The molecule has 2 unspecified atom stereocenters. The monoisotopic (exact) mass is 758 g/mol. The second-order valence-electron chi connectivity index (χ2n) is 15.4. The highest BCUT2D eigenvalue weighted by Crippen LogP contribution is 2.64. The first kappa shape index (κ1) is 33.4. The Balaban J connectivity index is 1.02. The van der Waals surface area contributed by atoms with E-state index in [4.69, 9.17) is 10.3 Å². The van der Waals surface area contributed by atoms with E-state index in [1.165, 1.54) is 70.3 Å². The van der Waals surface area contributed by atoms with Crippen LogP contribution in [-0.4, -0.2) is 5.84 Å². The number of hydrogen-bond donors (Lipinski definition) is 1. The van der Waals surface area contributed by atoms with Gasteiger partial charge in [-0.15, -0.1) is 0 Å². The maximum absolute atomic E-state index is 5.15. The van der Waals surface area contributed by atoms with Gasteiger partial charge >= 0.3 is 0 Å². The number of nitrogens with one attached hydrogen (secondary N) is 1. The Morgan fingerprint density at radius 2 is 1.00 bits per heavy atom. The van der Waals surface area contributed by atoms with Crippen molar-refractivity contribution >= 4 is 39.1 Å². The molecule has 9 aromatic carbocycles. The second-order valence-corrected chi connectivity index (χ2v) is 16.5. The summed E-state index contributed by atoms with van der Waals surface area (Å²) in [5.41, 5.74) is 13.1. The van der Waals surface area contributed by atoms with Crippen molar-refractivity contribution in [1.29, 1.82) is 0 Å². The van der Waals surface area contributed by atoms with Crippen LogP contribution in [0.2, 0.25) is 0 Å². The fourth-order valence-electron chi connectivity index (χ4n) is 9.66. The molecular formula is C54H36N3S-. The minimum atomic E-state index is -0.493. The summed E-state index contributed by atoms with van der Waals surface area (Å²) in [4.78, 5) is 7.83. The topological polar surface area (TPSA) is 38.5 Å². The summed E-state index contributed by atoms with van der Waals surface area (Å²) in [5.74, 6) is 0.753. The third-order valence-corrected chi connectivity index (χ3v) is 13.6. The van der Waals surface area contributed by atoms with Crippen molar-refractivity contribution < 1.29 is 0 Å². The van der Waals surface area contributed by atoms with Crippen LogP contribution in [0.4, 0.5) is 0 Å². The summed E-state index contributed by atoms with van der Waals surface area (Å²) < 4.78 is 0. The Morgan fingerprint density at radius 3 is 1.69 bits per heavy atom. The molecule has 3 nitrogen and oxygen atoms in total. The predicted molar refractivity (Wildman–Crippen MR) is 240 cm³/mol. The number of benzene rings is 9. The molecule has 274 valence electrons. The highest BCUT2D eigenvalue weighted by molar-refractivity contribution is 8.00. The van der Waals surface area contributed by atoms with Gasteiger partial charge in [0.2, 0.25) is 0 Å². The summed E-state index contributed by atoms with van der Waals surface area (Å²) in [5, 5.41) is 13.9. The van der Waals surface area contributed by atoms with Crippen molar-refractivity contribution in [2.24, 2.45) is 4.99 Å². The number of nitrogens with zero attached hydrogens (tertiary/aromatic N) is 2. The van der Waals surface area contributed by atoms with Gasteiger partial charge in [0.05, 0.1) is 5.41 Å². The SMILES string of the molecule is c1ccc(C2N=C(c3ccc(-c4ccc5c(c4)C4(c6ccccc6-5)c5ccc6ccccc6c5Sc5c4ccc4ccccc54)cc3)[N-]C(c3ccccc3)N2)cc1. The third-order valence-electron chi connectivity index (χ3n) is 12.3. The molecule has 2 atom stereocenters. The Labute approximate surface area is 342 Å². The highest BCUT2D eigenvalue weighted by Gasteiger charge is 2.51. The fourth-order valence-corrected chi connectivity index (χ4v) is 11.1. The Bertz CT molecular complexity index is 3010. The van der Waals surface area contributed by atoms with Gasteiger partial charge in [-0.2, -0.15) is 0 Å². The summed E-state index contributed by atoms with van der Waals surface area (Å²) in [7, 11) is 0. The van der Waals surface area contributed by atoms with E-state index in [1.807, 2.05) is 23.9 Å². The van der Waals surface area contributed by atoms with Crippen LogP contribution in [-0.2, 0) is 5.41 Å². The van der Waals surface area contributed by atoms with Crippen molar-refractivity contribution in [2.75, 3.05) is 0 Å². The van der Waals surface area contributed by atoms with Crippen LogP contribution in [0.5, 0.6) is 0 Å². The molecule has 0 saturated heterocycles. The molecule has 4 heteroatoms. The molecule has 0 saturated carbocycles. The number of amidine groups is 1. The molecule has 0 aromatic heterocycles. The molecule has 0 bridgehead atoms. The normalized spacial score (nSPS) is 17.2. The van der Waals surface area contributed by atoms with E-state index in [1.54, 1.807) is 0 Å². The largest absolute Gasteiger partial charge is 0.445 e. The van der Waals surface area contributed by atoms with E-state index in [0.29, 0.717) is 0 Å². The summed E-state index contributed by atoms with van der Waals surface area (Å²) >= 11 is 1.94. The molecule has 3 aliphatic rings. The molecule has 0 fully saturated rings. The maximum Gasteiger partial charge on any atom is 0.0736 e. The van der Waals surface area contributed by atoms with Gasteiger partial charge < -0.3 is 15.6 Å². The van der Waals surface area contributed by atoms with Gasteiger partial charge in [0.15, 0.2) is 0 Å². The van der Waals surface area contributed by atoms with Gasteiger partial charge in [-0.25, -0.2) is 0 Å². The van der Waals surface area contributed by atoms with E-state index in [-0.39, 0.29) is 12.3 Å². The van der Waals surface area contributed by atoms with Crippen LogP contribution in [0.15, 0.2) is 215 Å². The molecule has 2 aliphatic heterocycles. The van der Waals surface area contributed by atoms with Crippen molar-refractivity contribution in [2.45, 2.75) is 27.5 Å². The molecule has 12 rings (SSSR count). The number of fused-ring (bicyclic) bond motifs is 13. The molecule has 1 N–H and O–H groups in total. The van der Waals surface area contributed by atoms with E-state index < -0.39 is 5.41 Å². The summed E-state index contributed by atoms with van der Waals surface area (Å²) in [6.45, 7) is 0. The molecular weight excluding hydrogens is 723 g/mol. The fraction of sp³-hybridized carbons (Fsp3) is 0.0556. The minimum absolute atomic E-state index is 0.207. The molecule has 0 radical (unpaired) electrons. The average molecular weight is 759 g/mol. The molecule has 2 heterocycles. The van der Waals surface area contributed by atoms with Gasteiger partial charge in [-0.3, -0.25) is 0 Å². The molecule has 58 heavy (non-hydrogen) atoms. The van der Waals surface area contributed by atoms with E-state index in [9.17, 15) is 0 Å². The molecule has 9 aromatic rings. The lowest BCUT2D eigenvalue weighted by Crippen LogP contribution is -2.32. The van der Waals surface area contributed by atoms with Crippen molar-refractivity contribution in [3.63, 3.8) is 0 Å². The van der Waals surface area contributed by atoms with E-state index in [2.05, 4.69) is 193 Å². The minimum Gasteiger partial charge on any atom is -0.445 e. The van der Waals surface area contributed by atoms with E-state index >= 15 is 0 Å². The Morgan fingerprint density at radius 1 is 0.448 bits per heavy atom. The first-order valence-electron chi connectivity index (χ1n) is 20.0. The van der Waals surface area contributed by atoms with Gasteiger partial charge in [0.25, 0.3) is 0 Å². The number of aliphatic imine (C=N–C) groups is 1. The predicted octanol–water partition coefficient (Wildman–Crippen LogP) is 13.6. The molecule has 1 aliphatic carbocycles. The van der Waals surface area contributed by atoms with Gasteiger partial charge in [-0.1, -0.05) is 212 Å². The zero-order chi connectivity index (χ0) is 38.2. The van der Waals surface area contributed by atoms with Crippen LogP contribution >= 0.6 is 11.8 Å². The zero-order valence-electron chi connectivity index (χ0n) is 31.5. The first-order valence-corrected chi connectivity index (χ1v) is 20.8.